The van der Waals surface area contributed by atoms with Crippen molar-refractivity contribution in [2.45, 2.75) is 19.4 Å². The molecule has 1 saturated heterocycles. The Kier molecular flexibility index (Phi) is 5.91. The number of amides is 1. The second kappa shape index (κ2) is 7.99. The Hall–Kier alpha value is -1.55. The van der Waals surface area contributed by atoms with E-state index in [1.807, 2.05) is 17.5 Å². The van der Waals surface area contributed by atoms with Gasteiger partial charge in [-0.15, -0.1) is 22.7 Å². The van der Waals surface area contributed by atoms with Crippen LogP contribution in [0.25, 0.3) is 0 Å². The predicted molar refractivity (Wildman–Crippen MR) is 103 cm³/mol. The Balaban J connectivity index is 1.50. The maximum Gasteiger partial charge on any atom is 0.223 e. The maximum atomic E-state index is 12.3. The highest BCUT2D eigenvalue weighted by atomic mass is 32.2. The molecule has 3 rings (SSSR count). The van der Waals surface area contributed by atoms with Crippen LogP contribution in [0.3, 0.4) is 0 Å². The molecular weight excluding hydrogens is 392 g/mol. The van der Waals surface area contributed by atoms with Crippen molar-refractivity contribution in [1.82, 2.24) is 9.62 Å². The number of hydrogen-bond donors (Lipinski definition) is 1. The van der Waals surface area contributed by atoms with Gasteiger partial charge in [0, 0.05) is 23.9 Å². The molecule has 1 fully saturated rings. The van der Waals surface area contributed by atoms with Gasteiger partial charge in [0.15, 0.2) is 0 Å². The number of nitrogens with zero attached hydrogens (tertiary/aromatic N) is 1. The van der Waals surface area contributed by atoms with Gasteiger partial charge in [0.25, 0.3) is 0 Å². The normalized spacial score (nSPS) is 16.5. The lowest BCUT2D eigenvalue weighted by atomic mass is 9.97. The molecule has 2 aromatic rings. The van der Waals surface area contributed by atoms with Gasteiger partial charge >= 0.3 is 0 Å². The third-order valence-electron chi connectivity index (χ3n) is 4.36. The van der Waals surface area contributed by atoms with E-state index in [9.17, 15) is 18.0 Å². The lowest BCUT2D eigenvalue weighted by Gasteiger charge is -2.29. The minimum Gasteiger partial charge on any atom is -0.351 e. The SMILES string of the molecule is CS(=O)(=O)N1CCC(C(=O)NCc2ccc(C(=O)c3cccs3)s2)CC1. The van der Waals surface area contributed by atoms with E-state index in [1.54, 1.807) is 12.1 Å². The summed E-state index contributed by atoms with van der Waals surface area (Å²) in [6, 6.07) is 7.30. The summed E-state index contributed by atoms with van der Waals surface area (Å²) in [6.07, 6.45) is 2.26. The predicted octanol–water partition coefficient (Wildman–Crippen LogP) is 2.33. The van der Waals surface area contributed by atoms with Crippen LogP contribution in [-0.4, -0.2) is 43.8 Å². The van der Waals surface area contributed by atoms with Crippen molar-refractivity contribution in [2.75, 3.05) is 19.3 Å². The fourth-order valence-corrected chi connectivity index (χ4v) is 5.41. The Morgan fingerprint density at radius 2 is 1.92 bits per heavy atom. The van der Waals surface area contributed by atoms with E-state index in [0.717, 1.165) is 4.88 Å². The van der Waals surface area contributed by atoms with Crippen molar-refractivity contribution < 1.29 is 18.0 Å². The van der Waals surface area contributed by atoms with Crippen LogP contribution in [0.15, 0.2) is 29.6 Å². The molecular formula is C17H20N2O4S3. The molecule has 26 heavy (non-hydrogen) atoms. The summed E-state index contributed by atoms with van der Waals surface area (Å²) in [5.74, 6) is -0.214. The molecule has 9 heteroatoms. The largest absolute Gasteiger partial charge is 0.351 e. The standard InChI is InChI=1S/C17H20N2O4S3/c1-26(22,23)19-8-6-12(7-9-19)17(21)18-11-13-4-5-15(25-13)16(20)14-3-2-10-24-14/h2-5,10,12H,6-9,11H2,1H3,(H,18,21). The van der Waals surface area contributed by atoms with Crippen molar-refractivity contribution in [3.63, 3.8) is 0 Å². The van der Waals surface area contributed by atoms with Crippen LogP contribution in [-0.2, 0) is 21.4 Å². The molecule has 0 atom stereocenters. The highest BCUT2D eigenvalue weighted by molar-refractivity contribution is 7.88. The summed E-state index contributed by atoms with van der Waals surface area (Å²) >= 11 is 2.80. The lowest BCUT2D eigenvalue weighted by molar-refractivity contribution is -0.126. The van der Waals surface area contributed by atoms with Crippen LogP contribution < -0.4 is 5.32 Å². The van der Waals surface area contributed by atoms with Gasteiger partial charge in [-0.1, -0.05) is 6.07 Å². The van der Waals surface area contributed by atoms with Crippen molar-refractivity contribution in [2.24, 2.45) is 5.92 Å². The van der Waals surface area contributed by atoms with Crippen molar-refractivity contribution in [3.05, 3.63) is 44.3 Å². The van der Waals surface area contributed by atoms with Gasteiger partial charge in [0.2, 0.25) is 21.7 Å². The Morgan fingerprint density at radius 1 is 1.19 bits per heavy atom. The van der Waals surface area contributed by atoms with E-state index >= 15 is 0 Å². The lowest BCUT2D eigenvalue weighted by Crippen LogP contribution is -2.42. The number of nitrogens with one attached hydrogen (secondary N) is 1. The number of rotatable bonds is 6. The molecule has 0 saturated carbocycles. The first-order valence-corrected chi connectivity index (χ1v) is 11.8. The van der Waals surface area contributed by atoms with E-state index in [-0.39, 0.29) is 17.6 Å². The molecule has 0 radical (unpaired) electrons. The van der Waals surface area contributed by atoms with E-state index < -0.39 is 10.0 Å². The zero-order valence-electron chi connectivity index (χ0n) is 14.3. The van der Waals surface area contributed by atoms with E-state index in [1.165, 1.54) is 33.2 Å². The summed E-state index contributed by atoms with van der Waals surface area (Å²) in [7, 11) is -3.18. The number of sulfonamides is 1. The first kappa shape index (κ1) is 19.2. The van der Waals surface area contributed by atoms with Crippen molar-refractivity contribution in [1.29, 1.82) is 0 Å². The Bertz CT molecular complexity index is 879. The van der Waals surface area contributed by atoms with Gasteiger partial charge < -0.3 is 5.32 Å². The molecule has 1 N–H and O–H groups in total. The number of piperidine rings is 1. The molecule has 0 unspecified atom stereocenters. The van der Waals surface area contributed by atoms with Crippen LogP contribution in [0.1, 0.15) is 32.3 Å². The number of hydrogen-bond acceptors (Lipinski definition) is 6. The van der Waals surface area contributed by atoms with Crippen molar-refractivity contribution >= 4 is 44.4 Å². The van der Waals surface area contributed by atoms with E-state index in [2.05, 4.69) is 5.32 Å². The zero-order chi connectivity index (χ0) is 18.7. The van der Waals surface area contributed by atoms with E-state index in [4.69, 9.17) is 0 Å². The molecule has 2 aromatic heterocycles. The second-order valence-electron chi connectivity index (χ2n) is 6.23. The molecule has 1 aliphatic heterocycles. The molecule has 0 aliphatic carbocycles. The quantitative estimate of drug-likeness (QED) is 0.738. The average Bonchev–Trinajstić information content (AvgIpc) is 3.30. The fourth-order valence-electron chi connectivity index (χ4n) is 2.89. The van der Waals surface area contributed by atoms with Crippen molar-refractivity contribution in [3.8, 4) is 0 Å². The van der Waals surface area contributed by atoms with Crippen LogP contribution in [0, 0.1) is 5.92 Å². The highest BCUT2D eigenvalue weighted by Gasteiger charge is 2.28. The first-order valence-electron chi connectivity index (χ1n) is 8.24. The Morgan fingerprint density at radius 3 is 2.54 bits per heavy atom. The summed E-state index contributed by atoms with van der Waals surface area (Å²) in [5.41, 5.74) is 0. The van der Waals surface area contributed by atoms with Gasteiger partial charge in [-0.25, -0.2) is 12.7 Å². The molecule has 6 nitrogen and oxygen atoms in total. The Labute approximate surface area is 160 Å². The molecule has 0 bridgehead atoms. The zero-order valence-corrected chi connectivity index (χ0v) is 16.8. The minimum absolute atomic E-state index is 0.00993. The third-order valence-corrected chi connectivity index (χ3v) is 7.62. The highest BCUT2D eigenvalue weighted by Crippen LogP contribution is 2.23. The molecule has 0 spiro atoms. The molecule has 1 amide bonds. The van der Waals surface area contributed by atoms with Crippen LogP contribution >= 0.6 is 22.7 Å². The van der Waals surface area contributed by atoms with Gasteiger partial charge in [-0.2, -0.15) is 0 Å². The molecule has 3 heterocycles. The summed E-state index contributed by atoms with van der Waals surface area (Å²) in [4.78, 5) is 26.9. The van der Waals surface area contributed by atoms with E-state index in [0.29, 0.717) is 42.2 Å². The minimum atomic E-state index is -3.18. The topological polar surface area (TPSA) is 83.6 Å². The number of carbonyl (C=O) groups excluding carboxylic acids is 2. The number of carbonyl (C=O) groups is 2. The first-order chi connectivity index (χ1) is 12.3. The van der Waals surface area contributed by atoms with Gasteiger partial charge in [-0.3, -0.25) is 9.59 Å². The van der Waals surface area contributed by atoms with Gasteiger partial charge in [0.05, 0.1) is 22.6 Å². The van der Waals surface area contributed by atoms with Gasteiger partial charge in [-0.05, 0) is 36.4 Å². The number of ketones is 1. The molecule has 0 aromatic carbocycles. The monoisotopic (exact) mass is 412 g/mol. The summed E-state index contributed by atoms with van der Waals surface area (Å²) in [6.45, 7) is 1.15. The molecule has 140 valence electrons. The third kappa shape index (κ3) is 4.59. The summed E-state index contributed by atoms with van der Waals surface area (Å²) in [5, 5.41) is 4.78. The maximum absolute atomic E-state index is 12.3. The number of thiophene rings is 2. The summed E-state index contributed by atoms with van der Waals surface area (Å²) < 4.78 is 24.4. The fraction of sp³-hybridized carbons (Fsp3) is 0.412. The van der Waals surface area contributed by atoms with Crippen LogP contribution in [0.5, 0.6) is 0 Å². The average molecular weight is 413 g/mol. The van der Waals surface area contributed by atoms with Gasteiger partial charge in [0.1, 0.15) is 0 Å². The van der Waals surface area contributed by atoms with Crippen LogP contribution in [0.4, 0.5) is 0 Å². The smallest absolute Gasteiger partial charge is 0.223 e. The molecule has 1 aliphatic rings. The second-order valence-corrected chi connectivity index (χ2v) is 10.3. The van der Waals surface area contributed by atoms with Crippen LogP contribution in [0.2, 0.25) is 0 Å².